The van der Waals surface area contributed by atoms with Gasteiger partial charge in [-0.15, -0.1) is 0 Å². The molecule has 154 valence electrons. The molecule has 1 aliphatic carbocycles. The SMILES string of the molecule is CS(=O)(=O)CCc1ccc(-c2cccc(CC(=O)C3(c4ccccc4)CC3)n2)cc1. The van der Waals surface area contributed by atoms with Crippen molar-refractivity contribution in [2.24, 2.45) is 0 Å². The van der Waals surface area contributed by atoms with Gasteiger partial charge in [0.25, 0.3) is 0 Å². The highest BCUT2D eigenvalue weighted by Gasteiger charge is 2.50. The van der Waals surface area contributed by atoms with E-state index in [2.05, 4.69) is 0 Å². The zero-order valence-corrected chi connectivity index (χ0v) is 17.9. The summed E-state index contributed by atoms with van der Waals surface area (Å²) in [4.78, 5) is 17.8. The van der Waals surface area contributed by atoms with Crippen LogP contribution in [0, 0.1) is 0 Å². The van der Waals surface area contributed by atoms with Crippen molar-refractivity contribution >= 4 is 15.6 Å². The lowest BCUT2D eigenvalue weighted by Gasteiger charge is -2.14. The summed E-state index contributed by atoms with van der Waals surface area (Å²) in [5, 5.41) is 0. The Bertz CT molecular complexity index is 1150. The average molecular weight is 420 g/mol. The molecule has 1 heterocycles. The van der Waals surface area contributed by atoms with Crippen LogP contribution in [0.4, 0.5) is 0 Å². The quantitative estimate of drug-likeness (QED) is 0.549. The fourth-order valence-corrected chi connectivity index (χ4v) is 4.44. The van der Waals surface area contributed by atoms with Crippen LogP contribution in [-0.4, -0.2) is 31.2 Å². The fourth-order valence-electron chi connectivity index (χ4n) is 3.83. The maximum absolute atomic E-state index is 13.1. The van der Waals surface area contributed by atoms with Gasteiger partial charge in [0, 0.05) is 23.9 Å². The van der Waals surface area contributed by atoms with Gasteiger partial charge in [-0.05, 0) is 42.5 Å². The van der Waals surface area contributed by atoms with Gasteiger partial charge in [0.05, 0.1) is 16.9 Å². The van der Waals surface area contributed by atoms with Crippen molar-refractivity contribution in [2.75, 3.05) is 12.0 Å². The largest absolute Gasteiger partial charge is 0.298 e. The number of sulfone groups is 1. The van der Waals surface area contributed by atoms with Crippen LogP contribution >= 0.6 is 0 Å². The number of pyridine rings is 1. The molecule has 0 saturated heterocycles. The molecule has 4 nitrogen and oxygen atoms in total. The van der Waals surface area contributed by atoms with Gasteiger partial charge in [0.2, 0.25) is 0 Å². The number of ketones is 1. The van der Waals surface area contributed by atoms with Gasteiger partial charge < -0.3 is 0 Å². The maximum atomic E-state index is 13.1. The molecule has 4 rings (SSSR count). The second-order valence-corrected chi connectivity index (χ2v) is 10.4. The molecule has 0 unspecified atom stereocenters. The number of rotatable bonds is 8. The van der Waals surface area contributed by atoms with Gasteiger partial charge in [-0.1, -0.05) is 60.7 Å². The van der Waals surface area contributed by atoms with E-state index in [0.29, 0.717) is 12.8 Å². The summed E-state index contributed by atoms with van der Waals surface area (Å²) in [6.07, 6.45) is 3.90. The first-order valence-corrected chi connectivity index (χ1v) is 12.2. The van der Waals surface area contributed by atoms with Crippen LogP contribution < -0.4 is 0 Å². The molecule has 1 aromatic heterocycles. The summed E-state index contributed by atoms with van der Waals surface area (Å²) in [6.45, 7) is 0. The molecule has 5 heteroatoms. The lowest BCUT2D eigenvalue weighted by atomic mass is 9.89. The zero-order chi connectivity index (χ0) is 21.2. The lowest BCUT2D eigenvalue weighted by molar-refractivity contribution is -0.120. The van der Waals surface area contributed by atoms with Gasteiger partial charge in [-0.3, -0.25) is 9.78 Å². The number of aryl methyl sites for hydroxylation is 1. The summed E-state index contributed by atoms with van der Waals surface area (Å²) >= 11 is 0. The molecule has 2 aromatic carbocycles. The van der Waals surface area contributed by atoms with E-state index in [0.717, 1.165) is 40.9 Å². The number of nitrogens with zero attached hydrogens (tertiary/aromatic N) is 1. The van der Waals surface area contributed by atoms with Gasteiger partial charge in [0.15, 0.2) is 0 Å². The van der Waals surface area contributed by atoms with Crippen LogP contribution in [0.5, 0.6) is 0 Å². The second kappa shape index (κ2) is 8.15. The van der Waals surface area contributed by atoms with Crippen molar-refractivity contribution in [3.8, 4) is 11.3 Å². The van der Waals surface area contributed by atoms with E-state index in [1.54, 1.807) is 0 Å². The first kappa shape index (κ1) is 20.5. The normalized spacial score (nSPS) is 15.0. The number of hydrogen-bond acceptors (Lipinski definition) is 4. The molecule has 0 bridgehead atoms. The van der Waals surface area contributed by atoms with Gasteiger partial charge in [0.1, 0.15) is 15.6 Å². The maximum Gasteiger partial charge on any atom is 0.149 e. The molecule has 0 N–H and O–H groups in total. The van der Waals surface area contributed by atoms with Crippen LogP contribution in [0.15, 0.2) is 72.8 Å². The van der Waals surface area contributed by atoms with Crippen molar-refractivity contribution in [3.05, 3.63) is 89.6 Å². The molecular weight excluding hydrogens is 394 g/mol. The van der Waals surface area contributed by atoms with E-state index < -0.39 is 9.84 Å². The highest BCUT2D eigenvalue weighted by molar-refractivity contribution is 7.90. The predicted octanol–water partition coefficient (Wildman–Crippen LogP) is 4.18. The number of carbonyl (C=O) groups excluding carboxylic acids is 1. The highest BCUT2D eigenvalue weighted by atomic mass is 32.2. The Morgan fingerprint density at radius 1 is 0.933 bits per heavy atom. The summed E-state index contributed by atoms with van der Waals surface area (Å²) < 4.78 is 22.7. The molecule has 1 fully saturated rings. The molecule has 0 amide bonds. The van der Waals surface area contributed by atoms with Crippen LogP contribution in [0.1, 0.15) is 29.7 Å². The topological polar surface area (TPSA) is 64.1 Å². The Balaban J connectivity index is 1.47. The van der Waals surface area contributed by atoms with Crippen LogP contribution in [0.3, 0.4) is 0 Å². The number of carbonyl (C=O) groups is 1. The summed E-state index contributed by atoms with van der Waals surface area (Å²) in [5.41, 5.74) is 4.31. The third-order valence-electron chi connectivity index (χ3n) is 5.77. The Hall–Kier alpha value is -2.79. The smallest absolute Gasteiger partial charge is 0.149 e. The second-order valence-electron chi connectivity index (χ2n) is 8.14. The van der Waals surface area contributed by atoms with E-state index in [-0.39, 0.29) is 17.0 Å². The van der Waals surface area contributed by atoms with Crippen molar-refractivity contribution in [2.45, 2.75) is 31.1 Å². The van der Waals surface area contributed by atoms with E-state index in [1.165, 1.54) is 6.26 Å². The van der Waals surface area contributed by atoms with Crippen molar-refractivity contribution in [1.82, 2.24) is 4.98 Å². The molecule has 1 saturated carbocycles. The van der Waals surface area contributed by atoms with E-state index in [9.17, 15) is 13.2 Å². The van der Waals surface area contributed by atoms with Crippen LogP contribution in [0.2, 0.25) is 0 Å². The molecule has 0 aliphatic heterocycles. The van der Waals surface area contributed by atoms with Crippen LogP contribution in [0.25, 0.3) is 11.3 Å². The van der Waals surface area contributed by atoms with E-state index in [4.69, 9.17) is 4.98 Å². The average Bonchev–Trinajstić information content (AvgIpc) is 3.55. The molecule has 30 heavy (non-hydrogen) atoms. The lowest BCUT2D eigenvalue weighted by Crippen LogP contribution is -2.22. The number of benzene rings is 2. The number of aromatic nitrogens is 1. The predicted molar refractivity (Wildman–Crippen MR) is 119 cm³/mol. The monoisotopic (exact) mass is 419 g/mol. The third kappa shape index (κ3) is 4.68. The Morgan fingerprint density at radius 2 is 1.63 bits per heavy atom. The Morgan fingerprint density at radius 3 is 2.27 bits per heavy atom. The molecule has 0 radical (unpaired) electrons. The summed E-state index contributed by atoms with van der Waals surface area (Å²) in [5.74, 6) is 0.375. The zero-order valence-electron chi connectivity index (χ0n) is 17.0. The van der Waals surface area contributed by atoms with Gasteiger partial charge in [-0.25, -0.2) is 8.42 Å². The molecule has 1 aliphatic rings. The van der Waals surface area contributed by atoms with Crippen LogP contribution in [-0.2, 0) is 32.9 Å². The molecule has 0 atom stereocenters. The minimum Gasteiger partial charge on any atom is -0.298 e. The standard InChI is InChI=1S/C25H25NO3S/c1-30(28,29)17-14-19-10-12-20(13-11-19)23-9-5-8-22(26-23)18-24(27)25(15-16-25)21-6-3-2-4-7-21/h2-13H,14-18H2,1H3. The fraction of sp³-hybridized carbons (Fsp3) is 0.280. The number of Topliss-reactive ketones (excluding diaryl/α,β-unsaturated/α-hetero) is 1. The Kier molecular flexibility index (Phi) is 5.56. The molecular formula is C25H25NO3S. The molecule has 3 aromatic rings. The van der Waals surface area contributed by atoms with E-state index >= 15 is 0 Å². The van der Waals surface area contributed by atoms with Crippen molar-refractivity contribution in [1.29, 1.82) is 0 Å². The highest BCUT2D eigenvalue weighted by Crippen LogP contribution is 2.49. The minimum atomic E-state index is -2.97. The summed E-state index contributed by atoms with van der Waals surface area (Å²) in [7, 11) is -2.97. The van der Waals surface area contributed by atoms with Crippen molar-refractivity contribution in [3.63, 3.8) is 0 Å². The van der Waals surface area contributed by atoms with E-state index in [1.807, 2.05) is 72.8 Å². The van der Waals surface area contributed by atoms with Gasteiger partial charge >= 0.3 is 0 Å². The number of hydrogen-bond donors (Lipinski definition) is 0. The van der Waals surface area contributed by atoms with Gasteiger partial charge in [-0.2, -0.15) is 0 Å². The molecule has 0 spiro atoms. The summed E-state index contributed by atoms with van der Waals surface area (Å²) in [6, 6.07) is 23.6. The van der Waals surface area contributed by atoms with Crippen molar-refractivity contribution < 1.29 is 13.2 Å². The third-order valence-corrected chi connectivity index (χ3v) is 6.72. The minimum absolute atomic E-state index is 0.144. The Labute approximate surface area is 177 Å². The first-order valence-electron chi connectivity index (χ1n) is 10.2. The first-order chi connectivity index (χ1) is 14.4.